The number of carbonyl (C=O) groups is 2. The summed E-state index contributed by atoms with van der Waals surface area (Å²) in [5.41, 5.74) is 1.16. The molecule has 1 rings (SSSR count). The van der Waals surface area contributed by atoms with E-state index in [1.165, 1.54) is 13.0 Å². The molecule has 1 aromatic carbocycles. The Labute approximate surface area is 81.5 Å². The third-order valence-corrected chi connectivity index (χ3v) is 2.00. The van der Waals surface area contributed by atoms with Crippen LogP contribution in [0.3, 0.4) is 0 Å². The highest BCUT2D eigenvalue weighted by Crippen LogP contribution is 2.15. The van der Waals surface area contributed by atoms with Crippen molar-refractivity contribution in [2.45, 2.75) is 13.8 Å². The highest BCUT2D eigenvalue weighted by Gasteiger charge is 2.13. The molecular weight excluding hydrogens is 188 g/mol. The van der Waals surface area contributed by atoms with Crippen LogP contribution in [0.2, 0.25) is 5.02 Å². The van der Waals surface area contributed by atoms with Crippen molar-refractivity contribution in [1.29, 1.82) is 0 Å². The second-order valence-corrected chi connectivity index (χ2v) is 3.28. The number of ketones is 2. The van der Waals surface area contributed by atoms with Crippen LogP contribution in [0.25, 0.3) is 0 Å². The SMILES string of the molecule is CC(=O)C(=O)c1cc(Cl)ccc1C. The first-order chi connectivity index (χ1) is 6.02. The van der Waals surface area contributed by atoms with E-state index in [0.29, 0.717) is 10.6 Å². The Bertz CT molecular complexity index is 369. The molecule has 13 heavy (non-hydrogen) atoms. The Morgan fingerprint density at radius 3 is 2.46 bits per heavy atom. The lowest BCUT2D eigenvalue weighted by Gasteiger charge is -2.01. The lowest BCUT2D eigenvalue weighted by atomic mass is 10.0. The van der Waals surface area contributed by atoms with Gasteiger partial charge in [0.05, 0.1) is 0 Å². The van der Waals surface area contributed by atoms with E-state index in [2.05, 4.69) is 0 Å². The molecule has 0 saturated heterocycles. The van der Waals surface area contributed by atoms with Gasteiger partial charge in [-0.25, -0.2) is 0 Å². The molecule has 0 radical (unpaired) electrons. The van der Waals surface area contributed by atoms with Gasteiger partial charge in [-0.3, -0.25) is 9.59 Å². The first-order valence-electron chi connectivity index (χ1n) is 3.84. The van der Waals surface area contributed by atoms with Crippen LogP contribution in [0.5, 0.6) is 0 Å². The second-order valence-electron chi connectivity index (χ2n) is 2.84. The van der Waals surface area contributed by atoms with Crippen molar-refractivity contribution in [3.05, 3.63) is 34.3 Å². The predicted octanol–water partition coefficient (Wildman–Crippen LogP) is 2.42. The van der Waals surface area contributed by atoms with Gasteiger partial charge in [-0.1, -0.05) is 17.7 Å². The number of aryl methyl sites for hydroxylation is 1. The highest BCUT2D eigenvalue weighted by molar-refractivity contribution is 6.43. The molecule has 0 spiro atoms. The van der Waals surface area contributed by atoms with E-state index in [0.717, 1.165) is 5.56 Å². The van der Waals surface area contributed by atoms with Crippen molar-refractivity contribution in [2.24, 2.45) is 0 Å². The standard InChI is InChI=1S/C10H9ClO2/c1-6-3-4-8(11)5-9(6)10(13)7(2)12/h3-5H,1-2H3. The van der Waals surface area contributed by atoms with Gasteiger partial charge in [0, 0.05) is 17.5 Å². The largest absolute Gasteiger partial charge is 0.291 e. The van der Waals surface area contributed by atoms with Crippen LogP contribution >= 0.6 is 11.6 Å². The lowest BCUT2D eigenvalue weighted by Crippen LogP contribution is -2.11. The van der Waals surface area contributed by atoms with Crippen LogP contribution in [0.15, 0.2) is 18.2 Å². The van der Waals surface area contributed by atoms with Crippen molar-refractivity contribution < 1.29 is 9.59 Å². The van der Waals surface area contributed by atoms with E-state index in [4.69, 9.17) is 11.6 Å². The molecule has 0 aromatic heterocycles. The van der Waals surface area contributed by atoms with Crippen molar-refractivity contribution in [1.82, 2.24) is 0 Å². The first kappa shape index (κ1) is 9.93. The molecule has 0 N–H and O–H groups in total. The molecule has 0 bridgehead atoms. The van der Waals surface area contributed by atoms with Gasteiger partial charge in [-0.15, -0.1) is 0 Å². The van der Waals surface area contributed by atoms with Crippen molar-refractivity contribution in [3.63, 3.8) is 0 Å². The summed E-state index contributed by atoms with van der Waals surface area (Å²) in [6.45, 7) is 3.02. The number of Topliss-reactive ketones (excluding diaryl/α,β-unsaturated/α-hetero) is 2. The molecular formula is C10H9ClO2. The number of rotatable bonds is 2. The zero-order valence-corrected chi connectivity index (χ0v) is 8.18. The second kappa shape index (κ2) is 3.71. The summed E-state index contributed by atoms with van der Waals surface area (Å²) in [6.07, 6.45) is 0. The van der Waals surface area contributed by atoms with E-state index in [1.807, 2.05) is 0 Å². The Kier molecular flexibility index (Phi) is 2.83. The van der Waals surface area contributed by atoms with Crippen molar-refractivity contribution >= 4 is 23.2 Å². The summed E-state index contributed by atoms with van der Waals surface area (Å²) in [5.74, 6) is -0.953. The molecule has 0 atom stereocenters. The highest BCUT2D eigenvalue weighted by atomic mass is 35.5. The Hall–Kier alpha value is -1.15. The van der Waals surface area contributed by atoms with E-state index in [-0.39, 0.29) is 0 Å². The molecule has 68 valence electrons. The van der Waals surface area contributed by atoms with Gasteiger partial charge < -0.3 is 0 Å². The summed E-state index contributed by atoms with van der Waals surface area (Å²) >= 11 is 5.70. The summed E-state index contributed by atoms with van der Waals surface area (Å²) in [4.78, 5) is 22.1. The van der Waals surface area contributed by atoms with Crippen LogP contribution in [0.1, 0.15) is 22.8 Å². The third kappa shape index (κ3) is 2.16. The van der Waals surface area contributed by atoms with Crippen molar-refractivity contribution in [2.75, 3.05) is 0 Å². The molecule has 0 unspecified atom stereocenters. The fraction of sp³-hybridized carbons (Fsp3) is 0.200. The Morgan fingerprint density at radius 1 is 1.31 bits per heavy atom. The number of halogens is 1. The van der Waals surface area contributed by atoms with Gasteiger partial charge in [0.15, 0.2) is 5.78 Å². The maximum Gasteiger partial charge on any atom is 0.228 e. The molecule has 0 heterocycles. The van der Waals surface area contributed by atoms with Crippen molar-refractivity contribution in [3.8, 4) is 0 Å². The molecule has 0 amide bonds. The van der Waals surface area contributed by atoms with Crippen LogP contribution in [0.4, 0.5) is 0 Å². The smallest absolute Gasteiger partial charge is 0.228 e. The van der Waals surface area contributed by atoms with E-state index >= 15 is 0 Å². The average Bonchev–Trinajstić information content (AvgIpc) is 2.08. The molecule has 0 saturated carbocycles. The Balaban J connectivity index is 3.21. The van der Waals surface area contributed by atoms with Gasteiger partial charge in [0.25, 0.3) is 0 Å². The van der Waals surface area contributed by atoms with E-state index < -0.39 is 11.6 Å². The van der Waals surface area contributed by atoms with Gasteiger partial charge in [-0.05, 0) is 24.6 Å². The van der Waals surface area contributed by atoms with E-state index in [1.54, 1.807) is 19.1 Å². The molecule has 1 aromatic rings. The molecule has 0 aliphatic carbocycles. The minimum atomic E-state index is -0.486. The summed E-state index contributed by atoms with van der Waals surface area (Å²) in [5, 5.41) is 0.468. The Morgan fingerprint density at radius 2 is 1.92 bits per heavy atom. The number of benzene rings is 1. The van der Waals surface area contributed by atoms with Crippen LogP contribution in [-0.4, -0.2) is 11.6 Å². The van der Waals surface area contributed by atoms with Gasteiger partial charge in [0.2, 0.25) is 5.78 Å². The van der Waals surface area contributed by atoms with E-state index in [9.17, 15) is 9.59 Å². The summed E-state index contributed by atoms with van der Waals surface area (Å²) in [6, 6.07) is 4.92. The van der Waals surface area contributed by atoms with Crippen LogP contribution in [-0.2, 0) is 4.79 Å². The minimum Gasteiger partial charge on any atom is -0.291 e. The monoisotopic (exact) mass is 196 g/mol. The van der Waals surface area contributed by atoms with Gasteiger partial charge in [-0.2, -0.15) is 0 Å². The van der Waals surface area contributed by atoms with Crippen LogP contribution < -0.4 is 0 Å². The maximum atomic E-state index is 11.3. The number of hydrogen-bond donors (Lipinski definition) is 0. The fourth-order valence-corrected chi connectivity index (χ4v) is 1.20. The molecule has 2 nitrogen and oxygen atoms in total. The normalized spacial score (nSPS) is 9.77. The number of hydrogen-bond acceptors (Lipinski definition) is 2. The average molecular weight is 197 g/mol. The predicted molar refractivity (Wildman–Crippen MR) is 51.2 cm³/mol. The zero-order valence-electron chi connectivity index (χ0n) is 7.43. The minimum absolute atomic E-state index is 0.389. The fourth-order valence-electron chi connectivity index (χ4n) is 1.03. The molecule has 0 aliphatic heterocycles. The molecule has 0 aliphatic rings. The lowest BCUT2D eigenvalue weighted by molar-refractivity contribution is -0.113. The van der Waals surface area contributed by atoms with Gasteiger partial charge >= 0.3 is 0 Å². The topological polar surface area (TPSA) is 34.1 Å². The summed E-state index contributed by atoms with van der Waals surface area (Å²) < 4.78 is 0. The first-order valence-corrected chi connectivity index (χ1v) is 4.21. The van der Waals surface area contributed by atoms with Gasteiger partial charge in [0.1, 0.15) is 0 Å². The zero-order chi connectivity index (χ0) is 10.0. The number of carbonyl (C=O) groups excluding carboxylic acids is 2. The van der Waals surface area contributed by atoms with Crippen LogP contribution in [0, 0.1) is 6.92 Å². The summed E-state index contributed by atoms with van der Waals surface area (Å²) in [7, 11) is 0. The molecule has 0 fully saturated rings. The third-order valence-electron chi connectivity index (χ3n) is 1.76. The quantitative estimate of drug-likeness (QED) is 0.538. The maximum absolute atomic E-state index is 11.3. The molecule has 3 heteroatoms.